The van der Waals surface area contributed by atoms with Crippen molar-refractivity contribution in [2.75, 3.05) is 0 Å². The minimum Gasteiger partial charge on any atom is -0.298 e. The Balaban J connectivity index is 2.29. The lowest BCUT2D eigenvalue weighted by atomic mass is 10.1. The molecule has 1 aromatic rings. The molecule has 19 heavy (non-hydrogen) atoms. The molecule has 0 atom stereocenters. The summed E-state index contributed by atoms with van der Waals surface area (Å²) >= 11 is 6.37. The maximum atomic E-state index is 11.3. The van der Waals surface area contributed by atoms with Gasteiger partial charge in [0, 0.05) is 0 Å². The SMILES string of the molecule is CC(C)Cc1nn(C2CCCCCC2)c(Cl)c1C=O. The Bertz CT molecular complexity index is 432. The average molecular weight is 283 g/mol. The summed E-state index contributed by atoms with van der Waals surface area (Å²) in [6.07, 6.45) is 8.99. The normalized spacial score (nSPS) is 17.7. The van der Waals surface area contributed by atoms with Crippen LogP contribution in [0.2, 0.25) is 5.15 Å². The van der Waals surface area contributed by atoms with Crippen LogP contribution >= 0.6 is 11.6 Å². The average Bonchev–Trinajstić information content (AvgIpc) is 2.58. The highest BCUT2D eigenvalue weighted by molar-refractivity contribution is 6.32. The molecule has 0 aliphatic heterocycles. The van der Waals surface area contributed by atoms with E-state index < -0.39 is 0 Å². The zero-order valence-electron chi connectivity index (χ0n) is 11.9. The van der Waals surface area contributed by atoms with Gasteiger partial charge in [-0.15, -0.1) is 0 Å². The van der Waals surface area contributed by atoms with Gasteiger partial charge in [0.25, 0.3) is 0 Å². The van der Waals surface area contributed by atoms with Gasteiger partial charge in [-0.2, -0.15) is 5.10 Å². The van der Waals surface area contributed by atoms with Crippen LogP contribution < -0.4 is 0 Å². The smallest absolute Gasteiger partial charge is 0.155 e. The van der Waals surface area contributed by atoms with E-state index in [1.165, 1.54) is 25.7 Å². The summed E-state index contributed by atoms with van der Waals surface area (Å²) in [5, 5.41) is 5.18. The summed E-state index contributed by atoms with van der Waals surface area (Å²) in [6.45, 7) is 4.26. The number of carbonyl (C=O) groups excluding carboxylic acids is 1. The number of hydrogen-bond acceptors (Lipinski definition) is 2. The second-order valence-corrected chi connectivity index (χ2v) is 6.31. The van der Waals surface area contributed by atoms with Crippen molar-refractivity contribution in [1.29, 1.82) is 0 Å². The lowest BCUT2D eigenvalue weighted by Crippen LogP contribution is -2.10. The van der Waals surface area contributed by atoms with Crippen LogP contribution in [0, 0.1) is 5.92 Å². The second kappa shape index (κ2) is 6.56. The van der Waals surface area contributed by atoms with Gasteiger partial charge in [0.1, 0.15) is 5.15 Å². The summed E-state index contributed by atoms with van der Waals surface area (Å²) in [6, 6.07) is 0.370. The van der Waals surface area contributed by atoms with E-state index in [-0.39, 0.29) is 0 Å². The minimum atomic E-state index is 0.370. The first-order valence-electron chi connectivity index (χ1n) is 7.35. The Labute approximate surface area is 120 Å². The zero-order chi connectivity index (χ0) is 13.8. The van der Waals surface area contributed by atoms with Crippen LogP contribution in [-0.2, 0) is 6.42 Å². The standard InChI is InChI=1S/C15H23ClN2O/c1-11(2)9-14-13(10-19)15(16)18(17-14)12-7-5-3-4-6-8-12/h10-12H,3-9H2,1-2H3. The largest absolute Gasteiger partial charge is 0.298 e. The van der Waals surface area contributed by atoms with E-state index in [2.05, 4.69) is 18.9 Å². The quantitative estimate of drug-likeness (QED) is 0.604. The number of halogens is 1. The molecular weight excluding hydrogens is 260 g/mol. The number of nitrogens with zero attached hydrogens (tertiary/aromatic N) is 2. The fraction of sp³-hybridized carbons (Fsp3) is 0.733. The van der Waals surface area contributed by atoms with Gasteiger partial charge >= 0.3 is 0 Å². The molecule has 0 unspecified atom stereocenters. The van der Waals surface area contributed by atoms with Crippen LogP contribution in [0.3, 0.4) is 0 Å². The molecule has 1 fully saturated rings. The summed E-state index contributed by atoms with van der Waals surface area (Å²) in [7, 11) is 0. The second-order valence-electron chi connectivity index (χ2n) is 5.96. The third-order valence-corrected chi connectivity index (χ3v) is 4.23. The third kappa shape index (κ3) is 3.38. The van der Waals surface area contributed by atoms with Crippen molar-refractivity contribution in [2.24, 2.45) is 5.92 Å². The number of aldehydes is 1. The van der Waals surface area contributed by atoms with Crippen molar-refractivity contribution in [2.45, 2.75) is 64.8 Å². The molecule has 0 radical (unpaired) electrons. The fourth-order valence-corrected chi connectivity index (χ4v) is 3.20. The molecule has 1 saturated carbocycles. The van der Waals surface area contributed by atoms with E-state index in [0.29, 0.717) is 22.7 Å². The van der Waals surface area contributed by atoms with Crippen LogP contribution in [0.4, 0.5) is 0 Å². The number of carbonyl (C=O) groups is 1. The van der Waals surface area contributed by atoms with Crippen LogP contribution in [0.1, 0.15) is 74.5 Å². The zero-order valence-corrected chi connectivity index (χ0v) is 12.6. The molecule has 0 spiro atoms. The monoisotopic (exact) mass is 282 g/mol. The van der Waals surface area contributed by atoms with E-state index in [1.54, 1.807) is 0 Å². The van der Waals surface area contributed by atoms with Crippen LogP contribution in [0.5, 0.6) is 0 Å². The Morgan fingerprint density at radius 1 is 1.32 bits per heavy atom. The first-order chi connectivity index (χ1) is 9.13. The van der Waals surface area contributed by atoms with Gasteiger partial charge in [-0.05, 0) is 25.2 Å². The predicted octanol–water partition coefficient (Wildman–Crippen LogP) is 4.44. The lowest BCUT2D eigenvalue weighted by molar-refractivity contribution is 0.112. The van der Waals surface area contributed by atoms with E-state index >= 15 is 0 Å². The number of aromatic nitrogens is 2. The van der Waals surface area contributed by atoms with Crippen molar-refractivity contribution >= 4 is 17.9 Å². The molecule has 0 amide bonds. The van der Waals surface area contributed by atoms with Gasteiger partial charge in [-0.25, -0.2) is 4.68 Å². The van der Waals surface area contributed by atoms with Crippen molar-refractivity contribution in [1.82, 2.24) is 9.78 Å². The third-order valence-electron chi connectivity index (χ3n) is 3.85. The van der Waals surface area contributed by atoms with Gasteiger partial charge < -0.3 is 0 Å². The van der Waals surface area contributed by atoms with Gasteiger partial charge in [0.15, 0.2) is 6.29 Å². The molecular formula is C15H23ClN2O. The van der Waals surface area contributed by atoms with Crippen molar-refractivity contribution < 1.29 is 4.79 Å². The van der Waals surface area contributed by atoms with E-state index in [1.807, 2.05) is 4.68 Å². The molecule has 1 aliphatic carbocycles. The Kier molecular flexibility index (Phi) is 5.03. The van der Waals surface area contributed by atoms with Crippen LogP contribution in [-0.4, -0.2) is 16.1 Å². The van der Waals surface area contributed by atoms with Crippen LogP contribution in [0.25, 0.3) is 0 Å². The molecule has 3 nitrogen and oxygen atoms in total. The van der Waals surface area contributed by atoms with E-state index in [4.69, 9.17) is 11.6 Å². The summed E-state index contributed by atoms with van der Waals surface area (Å²) in [5.41, 5.74) is 1.46. The molecule has 1 heterocycles. The maximum absolute atomic E-state index is 11.3. The topological polar surface area (TPSA) is 34.9 Å². The maximum Gasteiger partial charge on any atom is 0.155 e. The Morgan fingerprint density at radius 3 is 2.47 bits per heavy atom. The molecule has 0 bridgehead atoms. The molecule has 2 rings (SSSR count). The van der Waals surface area contributed by atoms with Crippen molar-refractivity contribution in [3.8, 4) is 0 Å². The number of rotatable bonds is 4. The van der Waals surface area contributed by atoms with Crippen molar-refractivity contribution in [3.63, 3.8) is 0 Å². The van der Waals surface area contributed by atoms with Crippen molar-refractivity contribution in [3.05, 3.63) is 16.4 Å². The van der Waals surface area contributed by atoms with Crippen LogP contribution in [0.15, 0.2) is 0 Å². The highest BCUT2D eigenvalue weighted by Crippen LogP contribution is 2.31. The Morgan fingerprint density at radius 2 is 1.95 bits per heavy atom. The molecule has 0 N–H and O–H groups in total. The fourth-order valence-electron chi connectivity index (χ4n) is 2.87. The molecule has 1 aliphatic rings. The summed E-state index contributed by atoms with van der Waals surface area (Å²) in [4.78, 5) is 11.3. The first-order valence-corrected chi connectivity index (χ1v) is 7.73. The highest BCUT2D eigenvalue weighted by atomic mass is 35.5. The first kappa shape index (κ1) is 14.6. The lowest BCUT2D eigenvalue weighted by Gasteiger charge is -2.15. The number of hydrogen-bond donors (Lipinski definition) is 0. The molecule has 106 valence electrons. The van der Waals surface area contributed by atoms with E-state index in [9.17, 15) is 4.79 Å². The predicted molar refractivity (Wildman–Crippen MR) is 77.9 cm³/mol. The van der Waals surface area contributed by atoms with Gasteiger partial charge in [0.05, 0.1) is 17.3 Å². The summed E-state index contributed by atoms with van der Waals surface area (Å²) < 4.78 is 1.91. The van der Waals surface area contributed by atoms with Gasteiger partial charge in [0.2, 0.25) is 0 Å². The highest BCUT2D eigenvalue weighted by Gasteiger charge is 2.22. The molecule has 1 aromatic heterocycles. The Hall–Kier alpha value is -0.830. The molecule has 4 heteroatoms. The van der Waals surface area contributed by atoms with Gasteiger partial charge in [-0.1, -0.05) is 51.1 Å². The summed E-state index contributed by atoms with van der Waals surface area (Å²) in [5.74, 6) is 0.479. The van der Waals surface area contributed by atoms with Gasteiger partial charge in [-0.3, -0.25) is 4.79 Å². The minimum absolute atomic E-state index is 0.370. The van der Waals surface area contributed by atoms with E-state index in [0.717, 1.165) is 31.2 Å². The molecule has 0 aromatic carbocycles. The molecule has 0 saturated heterocycles.